The van der Waals surface area contributed by atoms with Gasteiger partial charge in [-0.05, 0) is 6.07 Å². The topological polar surface area (TPSA) is 80.9 Å². The zero-order chi connectivity index (χ0) is 13.8. The Morgan fingerprint density at radius 2 is 2.05 bits per heavy atom. The van der Waals surface area contributed by atoms with Gasteiger partial charge in [-0.15, -0.1) is 0 Å². The molecule has 2 rings (SSSR count). The Labute approximate surface area is 107 Å². The molecule has 1 amide bonds. The first kappa shape index (κ1) is 12.9. The van der Waals surface area contributed by atoms with Gasteiger partial charge in [0.1, 0.15) is 23.1 Å². The summed E-state index contributed by atoms with van der Waals surface area (Å²) < 4.78 is 26.0. The highest BCUT2D eigenvalue weighted by Gasteiger charge is 2.09. The number of halogens is 2. The predicted molar refractivity (Wildman–Crippen MR) is 64.0 cm³/mol. The van der Waals surface area contributed by atoms with E-state index in [-0.39, 0.29) is 23.6 Å². The Morgan fingerprint density at radius 3 is 2.68 bits per heavy atom. The molecule has 0 unspecified atom stereocenters. The predicted octanol–water partition coefficient (Wildman–Crippen LogP) is 1.27. The molecule has 1 aromatic carbocycles. The number of aromatic nitrogens is 2. The van der Waals surface area contributed by atoms with E-state index in [1.54, 1.807) is 0 Å². The fraction of sp³-hybridized carbons (Fsp3) is 0.0833. The van der Waals surface area contributed by atoms with E-state index in [0.29, 0.717) is 0 Å². The monoisotopic (exact) mass is 264 g/mol. The maximum Gasteiger partial charge on any atom is 0.271 e. The van der Waals surface area contributed by atoms with Crippen LogP contribution in [-0.2, 0) is 6.54 Å². The lowest BCUT2D eigenvalue weighted by atomic mass is 10.2. The molecule has 0 aliphatic carbocycles. The van der Waals surface area contributed by atoms with Crippen molar-refractivity contribution in [3.05, 3.63) is 53.5 Å². The molecular weight excluding hydrogens is 254 g/mol. The van der Waals surface area contributed by atoms with Crippen molar-refractivity contribution < 1.29 is 13.6 Å². The number of benzene rings is 1. The van der Waals surface area contributed by atoms with E-state index in [4.69, 9.17) is 5.73 Å². The number of nitrogens with zero attached hydrogens (tertiary/aromatic N) is 2. The van der Waals surface area contributed by atoms with Crippen LogP contribution in [0.4, 0.5) is 14.6 Å². The standard InChI is InChI=1S/C12H10F2N4O/c13-8-2-1-7(9(14)3-8)4-18-12(19)10-5-17-11(15)6-16-10/h1-3,5-6H,4H2,(H2,15,17)(H,18,19). The molecule has 5 nitrogen and oxygen atoms in total. The van der Waals surface area contributed by atoms with Crippen LogP contribution >= 0.6 is 0 Å². The summed E-state index contributed by atoms with van der Waals surface area (Å²) in [4.78, 5) is 19.1. The largest absolute Gasteiger partial charge is 0.382 e. The van der Waals surface area contributed by atoms with Crippen LogP contribution in [0.3, 0.4) is 0 Å². The van der Waals surface area contributed by atoms with Crippen molar-refractivity contribution in [3.8, 4) is 0 Å². The van der Waals surface area contributed by atoms with Crippen LogP contribution in [-0.4, -0.2) is 15.9 Å². The summed E-state index contributed by atoms with van der Waals surface area (Å²) in [5.41, 5.74) is 5.58. The normalized spacial score (nSPS) is 10.2. The first-order valence-corrected chi connectivity index (χ1v) is 5.36. The molecule has 0 saturated carbocycles. The molecule has 0 aliphatic rings. The van der Waals surface area contributed by atoms with E-state index < -0.39 is 17.5 Å². The summed E-state index contributed by atoms with van der Waals surface area (Å²) in [6, 6.07) is 3.14. The molecule has 0 saturated heterocycles. The Kier molecular flexibility index (Phi) is 3.65. The highest BCUT2D eigenvalue weighted by Crippen LogP contribution is 2.09. The van der Waals surface area contributed by atoms with Gasteiger partial charge in [0, 0.05) is 18.2 Å². The lowest BCUT2D eigenvalue weighted by Gasteiger charge is -2.06. The van der Waals surface area contributed by atoms with Crippen molar-refractivity contribution in [2.24, 2.45) is 0 Å². The number of carbonyl (C=O) groups is 1. The van der Waals surface area contributed by atoms with Gasteiger partial charge in [-0.3, -0.25) is 4.79 Å². The fourth-order valence-electron chi connectivity index (χ4n) is 1.39. The molecule has 19 heavy (non-hydrogen) atoms. The van der Waals surface area contributed by atoms with Crippen molar-refractivity contribution in [1.82, 2.24) is 15.3 Å². The molecule has 0 radical (unpaired) electrons. The first-order valence-electron chi connectivity index (χ1n) is 5.36. The van der Waals surface area contributed by atoms with Gasteiger partial charge < -0.3 is 11.1 Å². The summed E-state index contributed by atoms with van der Waals surface area (Å²) in [6.45, 7) is -0.0724. The number of carbonyl (C=O) groups excluding carboxylic acids is 1. The number of hydrogen-bond donors (Lipinski definition) is 2. The van der Waals surface area contributed by atoms with Crippen molar-refractivity contribution in [3.63, 3.8) is 0 Å². The number of anilines is 1. The van der Waals surface area contributed by atoms with Crippen molar-refractivity contribution in [1.29, 1.82) is 0 Å². The number of nitrogen functional groups attached to an aromatic ring is 1. The van der Waals surface area contributed by atoms with E-state index in [2.05, 4.69) is 15.3 Å². The van der Waals surface area contributed by atoms with E-state index in [1.807, 2.05) is 0 Å². The van der Waals surface area contributed by atoms with E-state index >= 15 is 0 Å². The zero-order valence-corrected chi connectivity index (χ0v) is 9.73. The van der Waals surface area contributed by atoms with Gasteiger partial charge in [-0.2, -0.15) is 0 Å². The fourth-order valence-corrected chi connectivity index (χ4v) is 1.39. The third-order valence-electron chi connectivity index (χ3n) is 2.36. The summed E-state index contributed by atoms with van der Waals surface area (Å²) in [6.07, 6.45) is 2.46. The van der Waals surface area contributed by atoms with Gasteiger partial charge in [0.2, 0.25) is 0 Å². The Bertz CT molecular complexity index is 601. The quantitative estimate of drug-likeness (QED) is 0.874. The minimum atomic E-state index is -0.719. The van der Waals surface area contributed by atoms with E-state index in [1.165, 1.54) is 18.5 Å². The number of rotatable bonds is 3. The molecule has 1 heterocycles. The molecule has 0 fully saturated rings. The molecule has 0 aliphatic heterocycles. The van der Waals surface area contributed by atoms with Crippen LogP contribution in [0.1, 0.15) is 16.1 Å². The molecule has 0 atom stereocenters. The van der Waals surface area contributed by atoms with Gasteiger partial charge in [-0.1, -0.05) is 6.07 Å². The second-order valence-corrected chi connectivity index (χ2v) is 3.74. The van der Waals surface area contributed by atoms with Crippen molar-refractivity contribution in [2.45, 2.75) is 6.54 Å². The van der Waals surface area contributed by atoms with Crippen LogP contribution in [0.2, 0.25) is 0 Å². The van der Waals surface area contributed by atoms with Crippen LogP contribution in [0.15, 0.2) is 30.6 Å². The molecule has 3 N–H and O–H groups in total. The van der Waals surface area contributed by atoms with Crippen LogP contribution in [0, 0.1) is 11.6 Å². The highest BCUT2D eigenvalue weighted by atomic mass is 19.1. The summed E-state index contributed by atoms with van der Waals surface area (Å²) in [5.74, 6) is -1.71. The van der Waals surface area contributed by atoms with Crippen LogP contribution in [0.5, 0.6) is 0 Å². The van der Waals surface area contributed by atoms with Gasteiger partial charge in [0.05, 0.1) is 12.4 Å². The number of nitrogens with two attached hydrogens (primary N) is 1. The average Bonchev–Trinajstić information content (AvgIpc) is 2.38. The van der Waals surface area contributed by atoms with Crippen molar-refractivity contribution in [2.75, 3.05) is 5.73 Å². The Balaban J connectivity index is 2.02. The first-order chi connectivity index (χ1) is 9.06. The molecule has 98 valence electrons. The molecule has 7 heteroatoms. The van der Waals surface area contributed by atoms with Crippen LogP contribution < -0.4 is 11.1 Å². The summed E-state index contributed by atoms with van der Waals surface area (Å²) >= 11 is 0. The van der Waals surface area contributed by atoms with Gasteiger partial charge in [0.25, 0.3) is 5.91 Å². The molecule has 0 bridgehead atoms. The molecule has 1 aromatic heterocycles. The lowest BCUT2D eigenvalue weighted by Crippen LogP contribution is -2.24. The molecular formula is C12H10F2N4O. The maximum atomic E-state index is 13.3. The number of amides is 1. The summed E-state index contributed by atoms with van der Waals surface area (Å²) in [5, 5.41) is 2.45. The van der Waals surface area contributed by atoms with Gasteiger partial charge in [0.15, 0.2) is 0 Å². The highest BCUT2D eigenvalue weighted by molar-refractivity contribution is 5.91. The maximum absolute atomic E-state index is 13.3. The molecule has 2 aromatic rings. The van der Waals surface area contributed by atoms with Crippen LogP contribution in [0.25, 0.3) is 0 Å². The molecule has 0 spiro atoms. The van der Waals surface area contributed by atoms with Gasteiger partial charge >= 0.3 is 0 Å². The third kappa shape index (κ3) is 3.21. The van der Waals surface area contributed by atoms with E-state index in [9.17, 15) is 13.6 Å². The second-order valence-electron chi connectivity index (χ2n) is 3.74. The minimum absolute atomic E-state index is 0.0664. The average molecular weight is 264 g/mol. The van der Waals surface area contributed by atoms with Gasteiger partial charge in [-0.25, -0.2) is 18.7 Å². The number of nitrogens with one attached hydrogen (secondary N) is 1. The number of hydrogen-bond acceptors (Lipinski definition) is 4. The van der Waals surface area contributed by atoms with Crippen molar-refractivity contribution >= 4 is 11.7 Å². The smallest absolute Gasteiger partial charge is 0.271 e. The SMILES string of the molecule is Nc1cnc(C(=O)NCc2ccc(F)cc2F)cn1. The second kappa shape index (κ2) is 5.38. The zero-order valence-electron chi connectivity index (χ0n) is 9.73. The minimum Gasteiger partial charge on any atom is -0.382 e. The lowest BCUT2D eigenvalue weighted by molar-refractivity contribution is 0.0945. The summed E-state index contributed by atoms with van der Waals surface area (Å²) in [7, 11) is 0. The Morgan fingerprint density at radius 1 is 1.26 bits per heavy atom. The third-order valence-corrected chi connectivity index (χ3v) is 2.36. The Hall–Kier alpha value is -2.57. The van der Waals surface area contributed by atoms with E-state index in [0.717, 1.165) is 12.1 Å².